The molecular formula is C19H23ClN2OS. The molecule has 0 aliphatic rings. The molecule has 0 amide bonds. The monoisotopic (exact) mass is 362 g/mol. The second kappa shape index (κ2) is 9.02. The second-order valence-electron chi connectivity index (χ2n) is 5.52. The lowest BCUT2D eigenvalue weighted by Gasteiger charge is -2.06. The largest absolute Gasteiger partial charge is 0.385 e. The molecule has 0 radical (unpaired) electrons. The quantitative estimate of drug-likeness (QED) is 0.584. The summed E-state index contributed by atoms with van der Waals surface area (Å²) in [6.45, 7) is 5.17. The number of benzene rings is 1. The highest BCUT2D eigenvalue weighted by molar-refractivity contribution is 7.19. The minimum absolute atomic E-state index is 0.486. The normalized spacial score (nSPS) is 10.5. The van der Waals surface area contributed by atoms with Crippen LogP contribution in [0, 0.1) is 6.92 Å². The summed E-state index contributed by atoms with van der Waals surface area (Å²) >= 11 is 7.99. The van der Waals surface area contributed by atoms with Crippen molar-refractivity contribution in [3.05, 3.63) is 46.4 Å². The van der Waals surface area contributed by atoms with Gasteiger partial charge in [0.1, 0.15) is 5.82 Å². The molecule has 24 heavy (non-hydrogen) atoms. The Kier molecular flexibility index (Phi) is 7.03. The molecule has 0 unspecified atom stereocenters. The van der Waals surface area contributed by atoms with Crippen LogP contribution in [-0.4, -0.2) is 18.7 Å². The molecule has 128 valence electrons. The molecule has 0 aliphatic heterocycles. The summed E-state index contributed by atoms with van der Waals surface area (Å²) in [7, 11) is 1.73. The number of thiophene rings is 1. The van der Waals surface area contributed by atoms with Crippen LogP contribution in [-0.2, 0) is 4.74 Å². The first-order chi connectivity index (χ1) is 11.6. The maximum atomic E-state index is 6.22. The highest BCUT2D eigenvalue weighted by Gasteiger charge is 2.10. The molecule has 0 spiro atoms. The van der Waals surface area contributed by atoms with Crippen molar-refractivity contribution in [2.45, 2.75) is 26.7 Å². The number of hydrogen-bond donors (Lipinski definition) is 1. The summed E-state index contributed by atoms with van der Waals surface area (Å²) in [5, 5.41) is 1.87. The van der Waals surface area contributed by atoms with Crippen LogP contribution in [0.1, 0.15) is 24.6 Å². The first kappa shape index (κ1) is 18.7. The minimum atomic E-state index is 0.486. The van der Waals surface area contributed by atoms with E-state index in [1.165, 1.54) is 27.8 Å². The van der Waals surface area contributed by atoms with Gasteiger partial charge in [-0.1, -0.05) is 43.1 Å². The average molecular weight is 363 g/mol. The third-order valence-electron chi connectivity index (χ3n) is 3.54. The Morgan fingerprint density at radius 3 is 2.71 bits per heavy atom. The van der Waals surface area contributed by atoms with E-state index in [1.54, 1.807) is 24.6 Å². The van der Waals surface area contributed by atoms with E-state index in [9.17, 15) is 0 Å². The van der Waals surface area contributed by atoms with Gasteiger partial charge in [-0.2, -0.15) is 0 Å². The van der Waals surface area contributed by atoms with Crippen molar-refractivity contribution in [3.8, 4) is 11.1 Å². The number of anilines is 1. The SMILES string of the molecule is CCCCOC.Cc1cc2cccc(-c3cc(N)ncc3Cl)c2s1. The number of unbranched alkanes of at least 4 members (excludes halogenated alkanes) is 1. The standard InChI is InChI=1S/C14H11ClN2S.C5H12O/c1-8-5-9-3-2-4-10(14(9)18-8)11-6-13(16)17-7-12(11)15;1-3-4-5-6-2/h2-7H,1H3,(H2,16,17);3-5H2,1-2H3. The number of halogens is 1. The molecule has 1 aromatic carbocycles. The van der Waals surface area contributed by atoms with Crippen LogP contribution >= 0.6 is 22.9 Å². The Morgan fingerprint density at radius 2 is 2.04 bits per heavy atom. The van der Waals surface area contributed by atoms with E-state index in [0.29, 0.717) is 10.8 Å². The summed E-state index contributed by atoms with van der Waals surface area (Å²) < 4.78 is 6.02. The third-order valence-corrected chi connectivity index (χ3v) is 4.94. The van der Waals surface area contributed by atoms with Crippen LogP contribution in [0.5, 0.6) is 0 Å². The van der Waals surface area contributed by atoms with Gasteiger partial charge in [0.2, 0.25) is 0 Å². The maximum absolute atomic E-state index is 6.22. The highest BCUT2D eigenvalue weighted by atomic mass is 35.5. The number of nitrogens with two attached hydrogens (primary N) is 1. The first-order valence-electron chi connectivity index (χ1n) is 7.96. The summed E-state index contributed by atoms with van der Waals surface area (Å²) in [5.41, 5.74) is 7.80. The Bertz CT molecular complexity index is 797. The second-order valence-corrected chi connectivity index (χ2v) is 7.18. The fourth-order valence-corrected chi connectivity index (χ4v) is 3.60. The van der Waals surface area contributed by atoms with Gasteiger partial charge in [-0.3, -0.25) is 0 Å². The van der Waals surface area contributed by atoms with Crippen LogP contribution in [0.3, 0.4) is 0 Å². The van der Waals surface area contributed by atoms with Crippen LogP contribution < -0.4 is 5.73 Å². The van der Waals surface area contributed by atoms with E-state index in [2.05, 4.69) is 37.0 Å². The van der Waals surface area contributed by atoms with E-state index in [-0.39, 0.29) is 0 Å². The number of pyridine rings is 1. The molecule has 2 aromatic heterocycles. The number of fused-ring (bicyclic) bond motifs is 1. The van der Waals surface area contributed by atoms with E-state index >= 15 is 0 Å². The Balaban J connectivity index is 0.000000301. The number of hydrogen-bond acceptors (Lipinski definition) is 4. The average Bonchev–Trinajstić information content (AvgIpc) is 2.96. The molecule has 5 heteroatoms. The highest BCUT2D eigenvalue weighted by Crippen LogP contribution is 2.37. The Labute approximate surface area is 152 Å². The van der Waals surface area contributed by atoms with Crippen molar-refractivity contribution in [3.63, 3.8) is 0 Å². The summed E-state index contributed by atoms with van der Waals surface area (Å²) in [6, 6.07) is 10.2. The van der Waals surface area contributed by atoms with Gasteiger partial charge in [-0.05, 0) is 30.9 Å². The zero-order valence-electron chi connectivity index (χ0n) is 14.3. The van der Waals surface area contributed by atoms with Gasteiger partial charge in [-0.25, -0.2) is 4.98 Å². The van der Waals surface area contributed by atoms with Gasteiger partial charge in [0.15, 0.2) is 0 Å². The predicted molar refractivity (Wildman–Crippen MR) is 106 cm³/mol. The number of methoxy groups -OCH3 is 1. The van der Waals surface area contributed by atoms with Gasteiger partial charge in [0.05, 0.1) is 5.02 Å². The number of nitrogens with zero attached hydrogens (tertiary/aromatic N) is 1. The van der Waals surface area contributed by atoms with Crippen molar-refractivity contribution in [1.82, 2.24) is 4.98 Å². The van der Waals surface area contributed by atoms with Crippen molar-refractivity contribution in [2.75, 3.05) is 19.5 Å². The molecule has 0 saturated carbocycles. The van der Waals surface area contributed by atoms with E-state index < -0.39 is 0 Å². The number of aryl methyl sites for hydroxylation is 1. The van der Waals surface area contributed by atoms with Crippen molar-refractivity contribution in [1.29, 1.82) is 0 Å². The number of aromatic nitrogens is 1. The molecule has 0 fully saturated rings. The fourth-order valence-electron chi connectivity index (χ4n) is 2.35. The van der Waals surface area contributed by atoms with Crippen molar-refractivity contribution < 1.29 is 4.74 Å². The van der Waals surface area contributed by atoms with Crippen LogP contribution in [0.25, 0.3) is 21.2 Å². The van der Waals surface area contributed by atoms with Gasteiger partial charge < -0.3 is 10.5 Å². The predicted octanol–water partition coefficient (Wildman–Crippen LogP) is 5.94. The first-order valence-corrected chi connectivity index (χ1v) is 9.15. The number of rotatable bonds is 4. The van der Waals surface area contributed by atoms with Gasteiger partial charge in [-0.15, -0.1) is 11.3 Å². The lowest BCUT2D eigenvalue weighted by Crippen LogP contribution is -1.90. The zero-order valence-corrected chi connectivity index (χ0v) is 15.9. The molecule has 0 saturated heterocycles. The maximum Gasteiger partial charge on any atom is 0.124 e. The van der Waals surface area contributed by atoms with Crippen molar-refractivity contribution in [2.24, 2.45) is 0 Å². The molecule has 3 aromatic rings. The summed E-state index contributed by atoms with van der Waals surface area (Å²) in [6.07, 6.45) is 4.02. The Hall–Kier alpha value is -1.62. The van der Waals surface area contributed by atoms with E-state index in [0.717, 1.165) is 17.7 Å². The Morgan fingerprint density at radius 1 is 1.25 bits per heavy atom. The van der Waals surface area contributed by atoms with E-state index in [4.69, 9.17) is 22.1 Å². The topological polar surface area (TPSA) is 48.1 Å². The lowest BCUT2D eigenvalue weighted by molar-refractivity contribution is 0.194. The molecule has 0 aliphatic carbocycles. The van der Waals surface area contributed by atoms with Gasteiger partial charge >= 0.3 is 0 Å². The molecule has 0 atom stereocenters. The third kappa shape index (κ3) is 4.69. The zero-order chi connectivity index (χ0) is 17.5. The molecule has 0 bridgehead atoms. The van der Waals surface area contributed by atoms with Gasteiger partial charge in [0.25, 0.3) is 0 Å². The molecule has 2 heterocycles. The number of ether oxygens (including phenoxy) is 1. The smallest absolute Gasteiger partial charge is 0.124 e. The van der Waals surface area contributed by atoms with Crippen LogP contribution in [0.4, 0.5) is 5.82 Å². The number of nitrogen functional groups attached to an aromatic ring is 1. The van der Waals surface area contributed by atoms with E-state index in [1.807, 2.05) is 12.1 Å². The molecule has 3 nitrogen and oxygen atoms in total. The minimum Gasteiger partial charge on any atom is -0.385 e. The fraction of sp³-hybridized carbons (Fsp3) is 0.316. The van der Waals surface area contributed by atoms with Crippen LogP contribution in [0.15, 0.2) is 36.5 Å². The summed E-state index contributed by atoms with van der Waals surface area (Å²) in [5.74, 6) is 0.486. The van der Waals surface area contributed by atoms with Gasteiger partial charge in [0, 0.05) is 40.6 Å². The molecular weight excluding hydrogens is 340 g/mol. The summed E-state index contributed by atoms with van der Waals surface area (Å²) in [4.78, 5) is 5.29. The van der Waals surface area contributed by atoms with Crippen molar-refractivity contribution >= 4 is 38.8 Å². The molecule has 2 N–H and O–H groups in total. The van der Waals surface area contributed by atoms with Crippen LogP contribution in [0.2, 0.25) is 5.02 Å². The molecule has 3 rings (SSSR count). The lowest BCUT2D eigenvalue weighted by atomic mass is 10.1.